The van der Waals surface area contributed by atoms with E-state index in [0.717, 1.165) is 56.4 Å². The van der Waals surface area contributed by atoms with Crippen molar-refractivity contribution in [3.63, 3.8) is 0 Å². The zero-order valence-electron chi connectivity index (χ0n) is 12.7. The highest BCUT2D eigenvalue weighted by atomic mass is 16.5. The van der Waals surface area contributed by atoms with Crippen LogP contribution in [0.25, 0.3) is 0 Å². The van der Waals surface area contributed by atoms with Crippen molar-refractivity contribution in [2.45, 2.75) is 26.9 Å². The third-order valence-electron chi connectivity index (χ3n) is 4.14. The minimum atomic E-state index is 0.943. The van der Waals surface area contributed by atoms with Crippen LogP contribution in [0, 0.1) is 13.8 Å². The Hall–Kier alpha value is -1.72. The second kappa shape index (κ2) is 6.37. The average molecular weight is 286 g/mol. The van der Waals surface area contributed by atoms with Crippen molar-refractivity contribution in [2.24, 2.45) is 0 Å². The second-order valence-electron chi connectivity index (χ2n) is 5.68. The van der Waals surface area contributed by atoms with E-state index in [4.69, 9.17) is 4.52 Å². The van der Waals surface area contributed by atoms with E-state index < -0.39 is 0 Å². The van der Waals surface area contributed by atoms with Gasteiger partial charge in [-0.3, -0.25) is 14.8 Å². The Balaban J connectivity index is 1.51. The third kappa shape index (κ3) is 3.49. The van der Waals surface area contributed by atoms with Gasteiger partial charge in [-0.15, -0.1) is 0 Å². The molecular weight excluding hydrogens is 264 g/mol. The largest absolute Gasteiger partial charge is 0.361 e. The summed E-state index contributed by atoms with van der Waals surface area (Å²) in [6.45, 7) is 10.2. The number of rotatable bonds is 4. The number of nitrogens with zero attached hydrogens (tertiary/aromatic N) is 4. The summed E-state index contributed by atoms with van der Waals surface area (Å²) in [5.74, 6) is 0.948. The Kier molecular flexibility index (Phi) is 4.31. The number of aryl methyl sites for hydroxylation is 2. The molecule has 5 nitrogen and oxygen atoms in total. The lowest BCUT2D eigenvalue weighted by atomic mass is 10.1. The van der Waals surface area contributed by atoms with Crippen LogP contribution in [0.1, 0.15) is 22.7 Å². The lowest BCUT2D eigenvalue weighted by Gasteiger charge is -2.34. The normalized spacial score (nSPS) is 17.2. The summed E-state index contributed by atoms with van der Waals surface area (Å²) in [6, 6.07) is 6.11. The predicted octanol–water partition coefficient (Wildman–Crippen LogP) is 2.00. The highest BCUT2D eigenvalue weighted by molar-refractivity contribution is 5.20. The van der Waals surface area contributed by atoms with Crippen molar-refractivity contribution in [3.05, 3.63) is 47.1 Å². The van der Waals surface area contributed by atoms with Gasteiger partial charge in [0.25, 0.3) is 0 Å². The predicted molar refractivity (Wildman–Crippen MR) is 80.8 cm³/mol. The molecule has 1 fully saturated rings. The first kappa shape index (κ1) is 14.2. The molecular formula is C16H22N4O. The van der Waals surface area contributed by atoms with Gasteiger partial charge < -0.3 is 4.52 Å². The molecule has 1 aliphatic heterocycles. The molecule has 0 aromatic carbocycles. The van der Waals surface area contributed by atoms with E-state index in [1.165, 1.54) is 5.56 Å². The van der Waals surface area contributed by atoms with Gasteiger partial charge in [-0.25, -0.2) is 0 Å². The molecule has 1 aliphatic rings. The Labute approximate surface area is 125 Å². The van der Waals surface area contributed by atoms with Gasteiger partial charge in [0.1, 0.15) is 5.76 Å². The van der Waals surface area contributed by atoms with Crippen molar-refractivity contribution >= 4 is 0 Å². The fourth-order valence-electron chi connectivity index (χ4n) is 2.78. The molecule has 0 unspecified atom stereocenters. The van der Waals surface area contributed by atoms with Gasteiger partial charge in [-0.1, -0.05) is 11.2 Å². The number of aromatic nitrogens is 2. The lowest BCUT2D eigenvalue weighted by Crippen LogP contribution is -2.45. The molecule has 0 bridgehead atoms. The topological polar surface area (TPSA) is 45.4 Å². The molecule has 1 saturated heterocycles. The standard InChI is InChI=1S/C16H22N4O/c1-13-16(14(2)21-18-13)12-20-9-7-19(8-10-20)11-15-5-3-4-6-17-15/h3-6H,7-12H2,1-2H3. The molecule has 0 atom stereocenters. The molecule has 21 heavy (non-hydrogen) atoms. The summed E-state index contributed by atoms with van der Waals surface area (Å²) < 4.78 is 5.24. The molecule has 2 aromatic heterocycles. The highest BCUT2D eigenvalue weighted by Crippen LogP contribution is 2.16. The van der Waals surface area contributed by atoms with Gasteiger partial charge >= 0.3 is 0 Å². The van der Waals surface area contributed by atoms with Gasteiger partial charge in [0, 0.05) is 51.0 Å². The minimum Gasteiger partial charge on any atom is -0.361 e. The Morgan fingerprint density at radius 3 is 2.33 bits per heavy atom. The summed E-state index contributed by atoms with van der Waals surface area (Å²) in [5, 5.41) is 4.03. The Bertz CT molecular complexity index is 554. The van der Waals surface area contributed by atoms with Gasteiger partial charge in [0.15, 0.2) is 0 Å². The van der Waals surface area contributed by atoms with E-state index in [1.54, 1.807) is 0 Å². The summed E-state index contributed by atoms with van der Waals surface area (Å²) >= 11 is 0. The molecule has 0 aliphatic carbocycles. The zero-order chi connectivity index (χ0) is 14.7. The van der Waals surface area contributed by atoms with Crippen LogP contribution in [0.5, 0.6) is 0 Å². The van der Waals surface area contributed by atoms with Crippen LogP contribution in [0.4, 0.5) is 0 Å². The maximum absolute atomic E-state index is 5.24. The summed E-state index contributed by atoms with van der Waals surface area (Å²) in [6.07, 6.45) is 1.86. The van der Waals surface area contributed by atoms with Crippen molar-refractivity contribution in [3.8, 4) is 0 Å². The monoisotopic (exact) mass is 286 g/mol. The molecule has 112 valence electrons. The fraction of sp³-hybridized carbons (Fsp3) is 0.500. The first-order valence-corrected chi connectivity index (χ1v) is 7.49. The van der Waals surface area contributed by atoms with E-state index >= 15 is 0 Å². The first-order valence-electron chi connectivity index (χ1n) is 7.49. The lowest BCUT2D eigenvalue weighted by molar-refractivity contribution is 0.120. The molecule has 0 N–H and O–H groups in total. The van der Waals surface area contributed by atoms with E-state index in [2.05, 4.69) is 32.1 Å². The molecule has 2 aromatic rings. The molecule has 0 saturated carbocycles. The molecule has 3 heterocycles. The van der Waals surface area contributed by atoms with Crippen LogP contribution >= 0.6 is 0 Å². The molecule has 0 spiro atoms. The first-order chi connectivity index (χ1) is 10.2. The SMILES string of the molecule is Cc1noc(C)c1CN1CCN(Cc2ccccn2)CC1. The highest BCUT2D eigenvalue weighted by Gasteiger charge is 2.20. The van der Waals surface area contributed by atoms with Crippen LogP contribution in [-0.4, -0.2) is 46.1 Å². The van der Waals surface area contributed by atoms with Crippen molar-refractivity contribution < 1.29 is 4.52 Å². The van der Waals surface area contributed by atoms with E-state index in [9.17, 15) is 0 Å². The maximum Gasteiger partial charge on any atom is 0.138 e. The molecule has 5 heteroatoms. The van der Waals surface area contributed by atoms with Gasteiger partial charge in [-0.2, -0.15) is 0 Å². The van der Waals surface area contributed by atoms with Crippen molar-refractivity contribution in [1.82, 2.24) is 19.9 Å². The fourth-order valence-corrected chi connectivity index (χ4v) is 2.78. The Morgan fingerprint density at radius 1 is 1.05 bits per heavy atom. The van der Waals surface area contributed by atoms with Crippen molar-refractivity contribution in [1.29, 1.82) is 0 Å². The summed E-state index contributed by atoms with van der Waals surface area (Å²) in [5.41, 5.74) is 3.41. The van der Waals surface area contributed by atoms with Crippen LogP contribution in [-0.2, 0) is 13.1 Å². The van der Waals surface area contributed by atoms with Gasteiger partial charge in [0.2, 0.25) is 0 Å². The van der Waals surface area contributed by atoms with Gasteiger partial charge in [-0.05, 0) is 26.0 Å². The van der Waals surface area contributed by atoms with E-state index in [-0.39, 0.29) is 0 Å². The van der Waals surface area contributed by atoms with Crippen LogP contribution in [0.2, 0.25) is 0 Å². The number of hydrogen-bond acceptors (Lipinski definition) is 5. The van der Waals surface area contributed by atoms with Crippen LogP contribution in [0.3, 0.4) is 0 Å². The van der Waals surface area contributed by atoms with E-state index in [1.807, 2.05) is 26.1 Å². The van der Waals surface area contributed by atoms with Gasteiger partial charge in [0.05, 0.1) is 11.4 Å². The second-order valence-corrected chi connectivity index (χ2v) is 5.68. The number of pyridine rings is 1. The smallest absolute Gasteiger partial charge is 0.138 e. The molecule has 0 radical (unpaired) electrons. The van der Waals surface area contributed by atoms with E-state index in [0.29, 0.717) is 0 Å². The van der Waals surface area contributed by atoms with Crippen molar-refractivity contribution in [2.75, 3.05) is 26.2 Å². The van der Waals surface area contributed by atoms with Crippen LogP contribution in [0.15, 0.2) is 28.9 Å². The summed E-state index contributed by atoms with van der Waals surface area (Å²) in [7, 11) is 0. The third-order valence-corrected chi connectivity index (χ3v) is 4.14. The zero-order valence-corrected chi connectivity index (χ0v) is 12.7. The maximum atomic E-state index is 5.24. The van der Waals surface area contributed by atoms with Crippen LogP contribution < -0.4 is 0 Å². The minimum absolute atomic E-state index is 0.943. The molecule has 3 rings (SSSR count). The Morgan fingerprint density at radius 2 is 1.76 bits per heavy atom. The average Bonchev–Trinajstić information content (AvgIpc) is 2.82. The quantitative estimate of drug-likeness (QED) is 0.860. The summed E-state index contributed by atoms with van der Waals surface area (Å²) in [4.78, 5) is 9.34. The molecule has 0 amide bonds. The number of hydrogen-bond donors (Lipinski definition) is 0. The number of piperazine rings is 1.